The Labute approximate surface area is 209 Å². The van der Waals surface area contributed by atoms with E-state index in [-0.39, 0.29) is 18.5 Å². The van der Waals surface area contributed by atoms with Crippen molar-refractivity contribution in [3.63, 3.8) is 0 Å². The molecule has 0 aliphatic rings. The minimum atomic E-state index is -0.356. The Morgan fingerprint density at radius 1 is 0.743 bits per heavy atom. The molecule has 0 heterocycles. The van der Waals surface area contributed by atoms with Crippen LogP contribution in [0.4, 0.5) is 0 Å². The van der Waals surface area contributed by atoms with Gasteiger partial charge >= 0.3 is 11.9 Å². The third kappa shape index (κ3) is 17.5. The van der Waals surface area contributed by atoms with Crippen LogP contribution in [0.3, 0.4) is 0 Å². The van der Waals surface area contributed by atoms with Crippen LogP contribution in [0.5, 0.6) is 11.5 Å². The van der Waals surface area contributed by atoms with Crippen molar-refractivity contribution in [3.05, 3.63) is 36.4 Å². The van der Waals surface area contributed by atoms with Gasteiger partial charge in [-0.05, 0) is 51.7 Å². The van der Waals surface area contributed by atoms with E-state index in [1.165, 1.54) is 0 Å². The van der Waals surface area contributed by atoms with Crippen LogP contribution in [0, 0.1) is 0 Å². The highest BCUT2D eigenvalue weighted by Gasteiger charge is 2.04. The van der Waals surface area contributed by atoms with Gasteiger partial charge in [0.2, 0.25) is 0 Å². The molecule has 8 nitrogen and oxygen atoms in total. The molecule has 0 N–H and O–H groups in total. The topological polar surface area (TPSA) is 89.5 Å². The van der Waals surface area contributed by atoms with Gasteiger partial charge in [0.15, 0.2) is 0 Å². The normalized spacial score (nSPS) is 10.6. The van der Waals surface area contributed by atoms with Crippen LogP contribution in [0.15, 0.2) is 36.4 Å². The Kier molecular flexibility index (Phi) is 18.1. The van der Waals surface area contributed by atoms with Gasteiger partial charge in [-0.2, -0.15) is 0 Å². The van der Waals surface area contributed by atoms with Crippen LogP contribution in [0.1, 0.15) is 58.8 Å². The third-order valence-electron chi connectivity index (χ3n) is 4.79. The highest BCUT2D eigenvalue weighted by atomic mass is 16.6. The Morgan fingerprint density at radius 2 is 1.37 bits per heavy atom. The van der Waals surface area contributed by atoms with E-state index in [0.29, 0.717) is 58.2 Å². The predicted molar refractivity (Wildman–Crippen MR) is 134 cm³/mol. The summed E-state index contributed by atoms with van der Waals surface area (Å²) in [5.74, 6) is 1.01. The van der Waals surface area contributed by atoms with E-state index < -0.39 is 0 Å². The number of hydrogen-bond donors (Lipinski definition) is 0. The van der Waals surface area contributed by atoms with Gasteiger partial charge in [-0.1, -0.05) is 25.5 Å². The molecule has 0 spiro atoms. The maximum Gasteiger partial charge on any atom is 0.333 e. The maximum absolute atomic E-state index is 11.7. The van der Waals surface area contributed by atoms with Crippen LogP contribution < -0.4 is 9.47 Å². The number of hydrogen-bond acceptors (Lipinski definition) is 8. The lowest BCUT2D eigenvalue weighted by atomic mass is 10.1. The first-order valence-electron chi connectivity index (χ1n) is 12.5. The van der Waals surface area contributed by atoms with Crippen LogP contribution >= 0.6 is 0 Å². The molecule has 0 saturated carbocycles. The van der Waals surface area contributed by atoms with Gasteiger partial charge in [0.1, 0.15) is 24.7 Å². The predicted octanol–water partition coefficient (Wildman–Crippen LogP) is 4.89. The summed E-state index contributed by atoms with van der Waals surface area (Å²) in [5.41, 5.74) is 0.406. The quantitative estimate of drug-likeness (QED) is 0.128. The molecule has 0 aliphatic carbocycles. The molecule has 0 aliphatic heterocycles. The number of esters is 2. The Morgan fingerprint density at radius 3 is 2.06 bits per heavy atom. The molecule has 0 bridgehead atoms. The molecule has 1 aromatic carbocycles. The first-order chi connectivity index (χ1) is 17.0. The summed E-state index contributed by atoms with van der Waals surface area (Å²) in [4.78, 5) is 22.9. The van der Waals surface area contributed by atoms with Gasteiger partial charge < -0.3 is 28.4 Å². The molecular formula is C27H42O8. The van der Waals surface area contributed by atoms with Crippen molar-refractivity contribution in [1.82, 2.24) is 0 Å². The van der Waals surface area contributed by atoms with Crippen molar-refractivity contribution in [2.45, 2.75) is 58.8 Å². The SMILES string of the molecule is C=C(C)C(=O)OCCCCCCC(=O)OCCOCCCCOCCOc1cccc(OCC)c1. The number of carbonyl (C=O) groups excluding carboxylic acids is 2. The van der Waals surface area contributed by atoms with Crippen LogP contribution in [-0.2, 0) is 28.5 Å². The van der Waals surface area contributed by atoms with Gasteiger partial charge in [0.25, 0.3) is 0 Å². The molecule has 0 unspecified atom stereocenters. The lowest BCUT2D eigenvalue weighted by molar-refractivity contribution is -0.145. The number of benzene rings is 1. The molecule has 0 fully saturated rings. The minimum Gasteiger partial charge on any atom is -0.494 e. The second kappa shape index (κ2) is 20.8. The van der Waals surface area contributed by atoms with Gasteiger partial charge in [-0.15, -0.1) is 0 Å². The second-order valence-corrected chi connectivity index (χ2v) is 7.99. The van der Waals surface area contributed by atoms with Crippen LogP contribution in [0.2, 0.25) is 0 Å². The fourth-order valence-corrected chi connectivity index (χ4v) is 2.95. The number of ether oxygens (including phenoxy) is 6. The van der Waals surface area contributed by atoms with E-state index in [9.17, 15) is 9.59 Å². The summed E-state index contributed by atoms with van der Waals surface area (Å²) in [7, 11) is 0. The van der Waals surface area contributed by atoms with Crippen molar-refractivity contribution in [2.24, 2.45) is 0 Å². The Hall–Kier alpha value is -2.58. The summed E-state index contributed by atoms with van der Waals surface area (Å²) in [6.07, 6.45) is 5.51. The fraction of sp³-hybridized carbons (Fsp3) is 0.630. The van der Waals surface area contributed by atoms with E-state index in [0.717, 1.165) is 50.0 Å². The largest absolute Gasteiger partial charge is 0.494 e. The fourth-order valence-electron chi connectivity index (χ4n) is 2.95. The summed E-state index contributed by atoms with van der Waals surface area (Å²) in [6, 6.07) is 7.57. The van der Waals surface area contributed by atoms with E-state index in [2.05, 4.69) is 6.58 Å². The smallest absolute Gasteiger partial charge is 0.333 e. The van der Waals surface area contributed by atoms with Gasteiger partial charge in [-0.25, -0.2) is 4.79 Å². The standard InChI is InChI=1S/C27H42O8/c1-4-32-24-12-11-13-25(22-24)33-20-18-30-15-9-10-16-31-19-21-34-26(28)14-7-5-6-8-17-35-27(29)23(2)3/h11-13,22H,2,4-10,14-21H2,1,3H3. The third-order valence-corrected chi connectivity index (χ3v) is 4.79. The zero-order valence-electron chi connectivity index (χ0n) is 21.4. The van der Waals surface area contributed by atoms with Crippen molar-refractivity contribution < 1.29 is 38.0 Å². The zero-order chi connectivity index (χ0) is 25.6. The highest BCUT2D eigenvalue weighted by molar-refractivity contribution is 5.86. The lowest BCUT2D eigenvalue weighted by Crippen LogP contribution is -2.11. The lowest BCUT2D eigenvalue weighted by Gasteiger charge is -2.09. The van der Waals surface area contributed by atoms with E-state index >= 15 is 0 Å². The molecule has 0 radical (unpaired) electrons. The van der Waals surface area contributed by atoms with Crippen LogP contribution in [-0.4, -0.2) is 64.8 Å². The summed E-state index contributed by atoms with van der Waals surface area (Å²) in [5, 5.41) is 0. The van der Waals surface area contributed by atoms with Crippen molar-refractivity contribution in [3.8, 4) is 11.5 Å². The molecular weight excluding hydrogens is 452 g/mol. The summed E-state index contributed by atoms with van der Waals surface area (Å²) in [6.45, 7) is 11.1. The first-order valence-corrected chi connectivity index (χ1v) is 12.5. The average Bonchev–Trinajstić information content (AvgIpc) is 2.84. The monoisotopic (exact) mass is 494 g/mol. The molecule has 0 atom stereocenters. The Bertz CT molecular complexity index is 719. The maximum atomic E-state index is 11.7. The van der Waals surface area contributed by atoms with E-state index in [1.54, 1.807) is 6.92 Å². The first kappa shape index (κ1) is 30.5. The van der Waals surface area contributed by atoms with Crippen molar-refractivity contribution in [2.75, 3.05) is 52.9 Å². The molecule has 0 aromatic heterocycles. The molecule has 35 heavy (non-hydrogen) atoms. The Balaban J connectivity index is 1.82. The van der Waals surface area contributed by atoms with Crippen LogP contribution in [0.25, 0.3) is 0 Å². The molecule has 1 aromatic rings. The minimum absolute atomic E-state index is 0.206. The van der Waals surface area contributed by atoms with E-state index in [1.807, 2.05) is 31.2 Å². The van der Waals surface area contributed by atoms with Gasteiger partial charge in [-0.3, -0.25) is 4.79 Å². The van der Waals surface area contributed by atoms with Crippen molar-refractivity contribution >= 4 is 11.9 Å². The number of unbranched alkanes of at least 4 members (excludes halogenated alkanes) is 4. The molecule has 198 valence electrons. The summed E-state index contributed by atoms with van der Waals surface area (Å²) >= 11 is 0. The van der Waals surface area contributed by atoms with Gasteiger partial charge in [0, 0.05) is 31.3 Å². The average molecular weight is 495 g/mol. The van der Waals surface area contributed by atoms with Crippen molar-refractivity contribution in [1.29, 1.82) is 0 Å². The molecule has 1 rings (SSSR count). The number of carbonyl (C=O) groups is 2. The molecule has 0 amide bonds. The summed E-state index contributed by atoms with van der Waals surface area (Å²) < 4.78 is 32.4. The van der Waals surface area contributed by atoms with E-state index in [4.69, 9.17) is 28.4 Å². The highest BCUT2D eigenvalue weighted by Crippen LogP contribution is 2.19. The van der Waals surface area contributed by atoms with Gasteiger partial charge in [0.05, 0.1) is 26.4 Å². The molecule has 0 saturated heterocycles. The molecule has 8 heteroatoms. The zero-order valence-corrected chi connectivity index (χ0v) is 21.4. The number of rotatable bonds is 22. The second-order valence-electron chi connectivity index (χ2n) is 7.99.